The Balaban J connectivity index is 2.52. The molecule has 8 heteroatoms. The van der Waals surface area contributed by atoms with Crippen molar-refractivity contribution in [2.45, 2.75) is 31.5 Å². The van der Waals surface area contributed by atoms with E-state index in [1.807, 2.05) is 6.07 Å². The van der Waals surface area contributed by atoms with E-state index in [-0.39, 0.29) is 18.1 Å². The molecular formula is C14H16N2O6. The van der Waals surface area contributed by atoms with Crippen LogP contribution in [0.15, 0.2) is 11.8 Å². The minimum Gasteiger partial charge on any atom is -0.467 e. The van der Waals surface area contributed by atoms with Crippen LogP contribution in [-0.2, 0) is 28.6 Å². The Morgan fingerprint density at radius 3 is 2.41 bits per heavy atom. The maximum Gasteiger partial charge on any atom is 0.343 e. The largest absolute Gasteiger partial charge is 0.467 e. The molecule has 2 atom stereocenters. The second kappa shape index (κ2) is 5.67. The molecule has 8 nitrogen and oxygen atoms in total. The van der Waals surface area contributed by atoms with Crippen molar-refractivity contribution in [3.8, 4) is 6.07 Å². The number of carbonyl (C=O) groups is 3. The molecule has 0 aromatic rings. The van der Waals surface area contributed by atoms with Crippen molar-refractivity contribution in [1.82, 2.24) is 4.90 Å². The molecule has 1 amide bonds. The zero-order chi connectivity index (χ0) is 16.5. The van der Waals surface area contributed by atoms with Crippen LogP contribution in [-0.4, -0.2) is 48.7 Å². The van der Waals surface area contributed by atoms with E-state index in [9.17, 15) is 14.4 Å². The number of rotatable bonds is 2. The van der Waals surface area contributed by atoms with Crippen LogP contribution in [0.5, 0.6) is 0 Å². The summed E-state index contributed by atoms with van der Waals surface area (Å²) < 4.78 is 14.9. The molecule has 0 unspecified atom stereocenters. The third-order valence-electron chi connectivity index (χ3n) is 3.98. The summed E-state index contributed by atoms with van der Waals surface area (Å²) in [6, 6.07) is 1.86. The van der Waals surface area contributed by atoms with Gasteiger partial charge in [-0.25, -0.2) is 9.59 Å². The average Bonchev–Trinajstić information content (AvgIpc) is 2.88. The number of nitriles is 1. The normalized spacial score (nSPS) is 25.2. The maximum absolute atomic E-state index is 12.3. The lowest BCUT2D eigenvalue weighted by Gasteiger charge is -2.36. The van der Waals surface area contributed by atoms with Gasteiger partial charge in [-0.3, -0.25) is 9.69 Å². The lowest BCUT2D eigenvalue weighted by molar-refractivity contribution is -0.180. The number of esters is 2. The van der Waals surface area contributed by atoms with E-state index in [4.69, 9.17) is 19.5 Å². The van der Waals surface area contributed by atoms with Gasteiger partial charge in [0.25, 0.3) is 0 Å². The molecule has 2 aliphatic rings. The summed E-state index contributed by atoms with van der Waals surface area (Å²) in [5.74, 6) is -2.56. The van der Waals surface area contributed by atoms with Crippen LogP contribution in [0, 0.1) is 17.2 Å². The van der Waals surface area contributed by atoms with Crippen molar-refractivity contribution < 1.29 is 28.6 Å². The molecule has 0 aliphatic carbocycles. The molecule has 0 saturated carbocycles. The van der Waals surface area contributed by atoms with E-state index in [1.54, 1.807) is 6.08 Å². The Bertz CT molecular complexity index is 575. The first kappa shape index (κ1) is 15.8. The predicted molar refractivity (Wildman–Crippen MR) is 70.6 cm³/mol. The van der Waals surface area contributed by atoms with Gasteiger partial charge >= 0.3 is 11.9 Å². The van der Waals surface area contributed by atoms with Crippen LogP contribution in [0.25, 0.3) is 0 Å². The molecule has 1 fully saturated rings. The molecule has 0 bridgehead atoms. The second-order valence-electron chi connectivity index (χ2n) is 5.12. The first-order chi connectivity index (χ1) is 10.4. The van der Waals surface area contributed by atoms with Crippen LogP contribution in [0.1, 0.15) is 19.8 Å². The third-order valence-corrected chi connectivity index (χ3v) is 3.98. The highest BCUT2D eigenvalue weighted by atomic mass is 16.6. The van der Waals surface area contributed by atoms with Crippen LogP contribution in [0.3, 0.4) is 0 Å². The number of likely N-dealkylation sites (tertiary alicyclic amines) is 1. The summed E-state index contributed by atoms with van der Waals surface area (Å²) in [7, 11) is 2.26. The van der Waals surface area contributed by atoms with Gasteiger partial charge in [-0.05, 0) is 12.5 Å². The van der Waals surface area contributed by atoms with Crippen molar-refractivity contribution >= 4 is 17.8 Å². The fourth-order valence-corrected chi connectivity index (χ4v) is 3.10. The highest BCUT2D eigenvalue weighted by Gasteiger charge is 2.65. The zero-order valence-electron chi connectivity index (χ0n) is 12.5. The highest BCUT2D eigenvalue weighted by Crippen LogP contribution is 2.45. The standard InChI is InChI=1S/C14H16N2O6/c1-8(17)16-11-9(4-5-10(7-15)22-11)6-14(16,12(18)20-2)13(19)21-3/h5,9,11H,4,6H2,1-3H3/t9-,11-/m1/s1. The molecule has 0 radical (unpaired) electrons. The van der Waals surface area contributed by atoms with Gasteiger partial charge in [-0.2, -0.15) is 5.26 Å². The number of carbonyl (C=O) groups excluding carboxylic acids is 3. The zero-order valence-corrected chi connectivity index (χ0v) is 12.5. The smallest absolute Gasteiger partial charge is 0.343 e. The van der Waals surface area contributed by atoms with Crippen LogP contribution < -0.4 is 0 Å². The number of ether oxygens (including phenoxy) is 3. The van der Waals surface area contributed by atoms with Gasteiger partial charge in [-0.1, -0.05) is 0 Å². The third kappa shape index (κ3) is 2.09. The molecule has 118 valence electrons. The molecule has 0 aromatic heterocycles. The Labute approximate surface area is 127 Å². The average molecular weight is 308 g/mol. The van der Waals surface area contributed by atoms with Crippen LogP contribution in [0.2, 0.25) is 0 Å². The molecule has 2 aliphatic heterocycles. The minimum atomic E-state index is -1.89. The number of allylic oxidation sites excluding steroid dienone is 2. The van der Waals surface area contributed by atoms with Crippen molar-refractivity contribution in [2.75, 3.05) is 14.2 Å². The maximum atomic E-state index is 12.3. The van der Waals surface area contributed by atoms with Crippen molar-refractivity contribution in [3.63, 3.8) is 0 Å². The fourth-order valence-electron chi connectivity index (χ4n) is 3.10. The van der Waals surface area contributed by atoms with Gasteiger partial charge in [0.1, 0.15) is 6.07 Å². The first-order valence-electron chi connectivity index (χ1n) is 6.66. The van der Waals surface area contributed by atoms with Crippen LogP contribution in [0.4, 0.5) is 0 Å². The topological polar surface area (TPSA) is 106 Å². The van der Waals surface area contributed by atoms with Gasteiger partial charge < -0.3 is 14.2 Å². The molecular weight excluding hydrogens is 292 g/mol. The number of hydrogen-bond acceptors (Lipinski definition) is 7. The quantitative estimate of drug-likeness (QED) is 0.526. The number of nitrogens with zero attached hydrogens (tertiary/aromatic N) is 2. The molecule has 0 spiro atoms. The fraction of sp³-hybridized carbons (Fsp3) is 0.571. The Morgan fingerprint density at radius 1 is 1.36 bits per heavy atom. The first-order valence-corrected chi connectivity index (χ1v) is 6.66. The van der Waals surface area contributed by atoms with Gasteiger partial charge in [-0.15, -0.1) is 0 Å². The second-order valence-corrected chi connectivity index (χ2v) is 5.12. The summed E-state index contributed by atoms with van der Waals surface area (Å²) in [5.41, 5.74) is -1.89. The Hall–Kier alpha value is -2.56. The van der Waals surface area contributed by atoms with E-state index in [0.717, 1.165) is 19.1 Å². The molecule has 0 aromatic carbocycles. The van der Waals surface area contributed by atoms with Crippen LogP contribution >= 0.6 is 0 Å². The summed E-state index contributed by atoms with van der Waals surface area (Å²) in [6.07, 6.45) is 1.12. The summed E-state index contributed by atoms with van der Waals surface area (Å²) in [4.78, 5) is 37.7. The van der Waals surface area contributed by atoms with E-state index in [1.165, 1.54) is 6.92 Å². The van der Waals surface area contributed by atoms with E-state index < -0.39 is 29.6 Å². The number of hydrogen-bond donors (Lipinski definition) is 0. The molecule has 0 N–H and O–H groups in total. The monoisotopic (exact) mass is 308 g/mol. The Kier molecular flexibility index (Phi) is 4.08. The Morgan fingerprint density at radius 2 is 1.95 bits per heavy atom. The minimum absolute atomic E-state index is 0.0196. The van der Waals surface area contributed by atoms with E-state index in [2.05, 4.69) is 0 Å². The van der Waals surface area contributed by atoms with E-state index >= 15 is 0 Å². The van der Waals surface area contributed by atoms with Gasteiger partial charge in [0.15, 0.2) is 12.0 Å². The van der Waals surface area contributed by atoms with Crippen molar-refractivity contribution in [2.24, 2.45) is 5.92 Å². The molecule has 2 heterocycles. The molecule has 22 heavy (non-hydrogen) atoms. The lowest BCUT2D eigenvalue weighted by atomic mass is 9.89. The number of methoxy groups -OCH3 is 2. The van der Waals surface area contributed by atoms with Crippen molar-refractivity contribution in [1.29, 1.82) is 5.26 Å². The lowest BCUT2D eigenvalue weighted by Crippen LogP contribution is -2.61. The predicted octanol–water partition coefficient (Wildman–Crippen LogP) is 0.0935. The SMILES string of the molecule is COC(=O)C1(C(=O)OC)C[C@H]2CC=C(C#N)O[C@H]2N1C(C)=O. The number of fused-ring (bicyclic) bond motifs is 1. The van der Waals surface area contributed by atoms with Gasteiger partial charge in [0, 0.05) is 19.3 Å². The summed E-state index contributed by atoms with van der Waals surface area (Å²) in [5, 5.41) is 8.95. The number of amides is 1. The highest BCUT2D eigenvalue weighted by molar-refractivity contribution is 6.08. The van der Waals surface area contributed by atoms with Gasteiger partial charge in [0.2, 0.25) is 11.4 Å². The van der Waals surface area contributed by atoms with E-state index in [0.29, 0.717) is 6.42 Å². The van der Waals surface area contributed by atoms with Gasteiger partial charge in [0.05, 0.1) is 14.2 Å². The molecule has 2 rings (SSSR count). The van der Waals surface area contributed by atoms with Crippen molar-refractivity contribution in [3.05, 3.63) is 11.8 Å². The molecule has 1 saturated heterocycles. The summed E-state index contributed by atoms with van der Waals surface area (Å²) >= 11 is 0. The summed E-state index contributed by atoms with van der Waals surface area (Å²) in [6.45, 7) is 1.22.